The minimum Gasteiger partial charge on any atom is -0.439 e. The summed E-state index contributed by atoms with van der Waals surface area (Å²) in [6.07, 6.45) is 6.59. The average Bonchev–Trinajstić information content (AvgIpc) is 3.26. The number of rotatable bonds is 6. The van der Waals surface area contributed by atoms with Gasteiger partial charge < -0.3 is 15.4 Å². The van der Waals surface area contributed by atoms with Crippen LogP contribution in [0.25, 0.3) is 0 Å². The third-order valence-corrected chi connectivity index (χ3v) is 5.01. The van der Waals surface area contributed by atoms with Gasteiger partial charge in [0.05, 0.1) is 17.9 Å². The van der Waals surface area contributed by atoms with Crippen LogP contribution in [0.3, 0.4) is 0 Å². The Balaban J connectivity index is 1.37. The number of piperidine rings is 1. The van der Waals surface area contributed by atoms with E-state index in [1.54, 1.807) is 24.4 Å². The molecule has 150 valence electrons. The van der Waals surface area contributed by atoms with Crippen LogP contribution >= 0.6 is 0 Å². The molecule has 3 heterocycles. The number of nitrogens with zero attached hydrogens (tertiary/aromatic N) is 3. The molecule has 3 aromatic rings. The topological polar surface area (TPSA) is 81.1 Å². The van der Waals surface area contributed by atoms with Gasteiger partial charge in [-0.15, -0.1) is 0 Å². The molecule has 1 fully saturated rings. The van der Waals surface area contributed by atoms with Crippen LogP contribution in [0.4, 0.5) is 5.69 Å². The molecule has 1 amide bonds. The van der Waals surface area contributed by atoms with E-state index in [-0.39, 0.29) is 5.91 Å². The number of aryl methyl sites for hydroxylation is 1. The fourth-order valence-corrected chi connectivity index (χ4v) is 3.38. The molecule has 0 bridgehead atoms. The third-order valence-electron chi connectivity index (χ3n) is 5.01. The molecule has 29 heavy (non-hydrogen) atoms. The number of benzene rings is 1. The Morgan fingerprint density at radius 2 is 2.24 bits per heavy atom. The number of ether oxygens (including phenoxy) is 1. The van der Waals surface area contributed by atoms with Crippen molar-refractivity contribution in [3.8, 4) is 11.6 Å². The Morgan fingerprint density at radius 3 is 3.00 bits per heavy atom. The van der Waals surface area contributed by atoms with Gasteiger partial charge in [0.15, 0.2) is 5.69 Å². The Bertz CT molecular complexity index is 961. The first-order valence-corrected chi connectivity index (χ1v) is 10.0. The van der Waals surface area contributed by atoms with Crippen molar-refractivity contribution in [2.75, 3.05) is 18.4 Å². The van der Waals surface area contributed by atoms with Crippen LogP contribution in [0.2, 0.25) is 0 Å². The summed E-state index contributed by atoms with van der Waals surface area (Å²) >= 11 is 0. The summed E-state index contributed by atoms with van der Waals surface area (Å²) in [5.74, 6) is 0.973. The van der Waals surface area contributed by atoms with E-state index in [1.807, 2.05) is 29.1 Å². The average molecular weight is 391 g/mol. The maximum Gasteiger partial charge on any atom is 0.276 e. The monoisotopic (exact) mass is 391 g/mol. The fraction of sp³-hybridized carbons (Fsp3) is 0.318. The smallest absolute Gasteiger partial charge is 0.276 e. The van der Waals surface area contributed by atoms with Crippen LogP contribution in [0.15, 0.2) is 54.9 Å². The lowest BCUT2D eigenvalue weighted by Crippen LogP contribution is -2.32. The highest BCUT2D eigenvalue weighted by Gasteiger charge is 2.17. The van der Waals surface area contributed by atoms with Gasteiger partial charge >= 0.3 is 0 Å². The predicted molar refractivity (Wildman–Crippen MR) is 111 cm³/mol. The van der Waals surface area contributed by atoms with Gasteiger partial charge in [-0.25, -0.2) is 4.98 Å². The number of pyridine rings is 1. The number of hydrogen-bond donors (Lipinski definition) is 2. The maximum atomic E-state index is 12.5. The lowest BCUT2D eigenvalue weighted by atomic mass is 10.1. The molecule has 7 nitrogen and oxygen atoms in total. The zero-order chi connectivity index (χ0) is 20.1. The number of aromatic nitrogens is 3. The van der Waals surface area contributed by atoms with E-state index >= 15 is 0 Å². The Kier molecular flexibility index (Phi) is 5.86. The number of nitrogens with one attached hydrogen (secondary N) is 2. The van der Waals surface area contributed by atoms with Gasteiger partial charge in [-0.2, -0.15) is 5.10 Å². The van der Waals surface area contributed by atoms with E-state index in [0.717, 1.165) is 38.1 Å². The molecule has 0 radical (unpaired) electrons. The quantitative estimate of drug-likeness (QED) is 0.668. The SMILES string of the molecule is CCc1cccc(Oc2ccc(NC(=O)c3ccn(C4CCCNC4)n3)cn2)c1. The first-order valence-electron chi connectivity index (χ1n) is 10.0. The fourth-order valence-electron chi connectivity index (χ4n) is 3.38. The van der Waals surface area contributed by atoms with Crippen LogP contribution in [0.1, 0.15) is 41.9 Å². The van der Waals surface area contributed by atoms with E-state index in [2.05, 4.69) is 33.7 Å². The van der Waals surface area contributed by atoms with Gasteiger partial charge in [0, 0.05) is 18.8 Å². The van der Waals surface area contributed by atoms with Crippen molar-refractivity contribution in [3.05, 3.63) is 66.1 Å². The molecule has 0 spiro atoms. The second-order valence-electron chi connectivity index (χ2n) is 7.12. The van der Waals surface area contributed by atoms with Crippen molar-refractivity contribution < 1.29 is 9.53 Å². The highest BCUT2D eigenvalue weighted by Crippen LogP contribution is 2.22. The van der Waals surface area contributed by atoms with Gasteiger partial charge in [-0.1, -0.05) is 19.1 Å². The van der Waals surface area contributed by atoms with Crippen molar-refractivity contribution in [3.63, 3.8) is 0 Å². The van der Waals surface area contributed by atoms with Crippen LogP contribution in [0.5, 0.6) is 11.6 Å². The molecular weight excluding hydrogens is 366 g/mol. The molecule has 2 N–H and O–H groups in total. The van der Waals surface area contributed by atoms with Crippen LogP contribution in [0, 0.1) is 0 Å². The Hall–Kier alpha value is -3.19. The minimum atomic E-state index is -0.251. The molecule has 1 aliphatic rings. The molecule has 1 unspecified atom stereocenters. The van der Waals surface area contributed by atoms with Gasteiger partial charge in [-0.05, 0) is 55.6 Å². The molecule has 1 saturated heterocycles. The van der Waals surface area contributed by atoms with Gasteiger partial charge in [-0.3, -0.25) is 9.48 Å². The molecule has 0 saturated carbocycles. The predicted octanol–water partition coefficient (Wildman–Crippen LogP) is 3.81. The number of amides is 1. The van der Waals surface area contributed by atoms with E-state index in [9.17, 15) is 4.79 Å². The maximum absolute atomic E-state index is 12.5. The molecule has 7 heteroatoms. The lowest BCUT2D eigenvalue weighted by Gasteiger charge is -2.22. The summed E-state index contributed by atoms with van der Waals surface area (Å²) in [4.78, 5) is 16.8. The van der Waals surface area contributed by atoms with E-state index in [0.29, 0.717) is 23.3 Å². The highest BCUT2D eigenvalue weighted by atomic mass is 16.5. The van der Waals surface area contributed by atoms with Crippen molar-refractivity contribution in [2.24, 2.45) is 0 Å². The standard InChI is InChI=1S/C22H25N5O2/c1-2-16-5-3-7-19(13-16)29-21-9-8-17(14-24-21)25-22(28)20-10-12-27(26-20)18-6-4-11-23-15-18/h3,5,7-10,12-14,18,23H,2,4,6,11,15H2,1H3,(H,25,28). The van der Waals surface area contributed by atoms with E-state index in [1.165, 1.54) is 5.56 Å². The summed E-state index contributed by atoms with van der Waals surface area (Å²) < 4.78 is 7.67. The zero-order valence-electron chi connectivity index (χ0n) is 16.5. The molecule has 1 atom stereocenters. The Labute approximate surface area is 170 Å². The third kappa shape index (κ3) is 4.81. The summed E-state index contributed by atoms with van der Waals surface area (Å²) in [5.41, 5.74) is 2.20. The minimum absolute atomic E-state index is 0.251. The molecule has 2 aromatic heterocycles. The van der Waals surface area contributed by atoms with E-state index in [4.69, 9.17) is 4.74 Å². The van der Waals surface area contributed by atoms with Gasteiger partial charge in [0.2, 0.25) is 5.88 Å². The lowest BCUT2D eigenvalue weighted by molar-refractivity contribution is 0.102. The van der Waals surface area contributed by atoms with Crippen molar-refractivity contribution in [2.45, 2.75) is 32.2 Å². The first-order chi connectivity index (χ1) is 14.2. The van der Waals surface area contributed by atoms with Crippen LogP contribution < -0.4 is 15.4 Å². The van der Waals surface area contributed by atoms with Crippen molar-refractivity contribution in [1.82, 2.24) is 20.1 Å². The van der Waals surface area contributed by atoms with Gasteiger partial charge in [0.1, 0.15) is 5.75 Å². The molecule has 1 aromatic carbocycles. The zero-order valence-corrected chi connectivity index (χ0v) is 16.5. The van der Waals surface area contributed by atoms with Crippen LogP contribution in [-0.2, 0) is 6.42 Å². The van der Waals surface area contributed by atoms with Crippen molar-refractivity contribution in [1.29, 1.82) is 0 Å². The summed E-state index contributed by atoms with van der Waals surface area (Å²) in [5, 5.41) is 10.6. The summed E-state index contributed by atoms with van der Waals surface area (Å²) in [7, 11) is 0. The largest absolute Gasteiger partial charge is 0.439 e. The molecule has 4 rings (SSSR count). The van der Waals surface area contributed by atoms with Gasteiger partial charge in [0.25, 0.3) is 5.91 Å². The number of hydrogen-bond acceptors (Lipinski definition) is 5. The Morgan fingerprint density at radius 1 is 1.31 bits per heavy atom. The summed E-state index contributed by atoms with van der Waals surface area (Å²) in [6.45, 7) is 4.03. The number of anilines is 1. The van der Waals surface area contributed by atoms with E-state index < -0.39 is 0 Å². The molecule has 1 aliphatic heterocycles. The van der Waals surface area contributed by atoms with Crippen LogP contribution in [-0.4, -0.2) is 33.8 Å². The second-order valence-corrected chi connectivity index (χ2v) is 7.12. The second kappa shape index (κ2) is 8.87. The summed E-state index contributed by atoms with van der Waals surface area (Å²) in [6, 6.07) is 13.5. The molecule has 0 aliphatic carbocycles. The first kappa shape index (κ1) is 19.1. The highest BCUT2D eigenvalue weighted by molar-refractivity contribution is 6.02. The van der Waals surface area contributed by atoms with Crippen molar-refractivity contribution >= 4 is 11.6 Å². The number of carbonyl (C=O) groups excluding carboxylic acids is 1. The number of carbonyl (C=O) groups is 1. The molecular formula is C22H25N5O2. The normalized spacial score (nSPS) is 16.4.